The van der Waals surface area contributed by atoms with Crippen molar-refractivity contribution in [3.05, 3.63) is 0 Å². The zero-order valence-corrected chi connectivity index (χ0v) is 16.7. The maximum atomic E-state index is 11.8. The van der Waals surface area contributed by atoms with Crippen molar-refractivity contribution in [2.24, 2.45) is 11.8 Å². The van der Waals surface area contributed by atoms with E-state index < -0.39 is 0 Å². The van der Waals surface area contributed by atoms with Gasteiger partial charge in [0.25, 0.3) is 0 Å². The molecule has 3 amide bonds. The molecule has 0 aromatic rings. The first-order valence-corrected chi connectivity index (χ1v) is 10.0. The van der Waals surface area contributed by atoms with Gasteiger partial charge in [-0.2, -0.15) is 0 Å². The zero-order chi connectivity index (χ0) is 19.9. The Bertz CT molecular complexity index is 459. The van der Waals surface area contributed by atoms with E-state index in [-0.39, 0.29) is 24.3 Å². The van der Waals surface area contributed by atoms with Crippen LogP contribution in [0.3, 0.4) is 0 Å². The van der Waals surface area contributed by atoms with Crippen LogP contribution < -0.4 is 16.0 Å². The molecule has 3 N–H and O–H groups in total. The Morgan fingerprint density at radius 3 is 2.22 bits per heavy atom. The van der Waals surface area contributed by atoms with Crippen LogP contribution in [-0.2, 0) is 23.9 Å². The minimum Gasteiger partial charge on any atom is -0.380 e. The Hall–Kier alpha value is -1.67. The lowest BCUT2D eigenvalue weighted by atomic mass is 10.2. The van der Waals surface area contributed by atoms with Crippen molar-refractivity contribution in [2.75, 3.05) is 46.1 Å². The Kier molecular flexibility index (Phi) is 12.5. The molecule has 2 atom stereocenters. The summed E-state index contributed by atoms with van der Waals surface area (Å²) in [5, 5.41) is 8.30. The molecule has 0 aromatic heterocycles. The number of amides is 3. The predicted molar refractivity (Wildman–Crippen MR) is 102 cm³/mol. The molecule has 156 valence electrons. The predicted octanol–water partition coefficient (Wildman–Crippen LogP) is 0.605. The lowest BCUT2D eigenvalue weighted by Crippen LogP contribution is -2.34. The van der Waals surface area contributed by atoms with Crippen molar-refractivity contribution in [1.29, 1.82) is 0 Å². The summed E-state index contributed by atoms with van der Waals surface area (Å²) in [4.78, 5) is 34.3. The van der Waals surface area contributed by atoms with Crippen LogP contribution >= 0.6 is 0 Å². The highest BCUT2D eigenvalue weighted by Gasteiger charge is 2.37. The molecule has 1 aliphatic carbocycles. The SMILES string of the molecule is CCCOCC(=O)NCCOCCC1CC1CC(=O)NCCNC(=O)CC. The molecule has 2 unspecified atom stereocenters. The van der Waals surface area contributed by atoms with E-state index in [1.165, 1.54) is 0 Å². The van der Waals surface area contributed by atoms with Crippen molar-refractivity contribution >= 4 is 17.7 Å². The molecule has 0 bridgehead atoms. The number of rotatable bonds is 16. The van der Waals surface area contributed by atoms with Gasteiger partial charge in [-0.15, -0.1) is 0 Å². The normalized spacial score (nSPS) is 18.0. The maximum Gasteiger partial charge on any atom is 0.246 e. The van der Waals surface area contributed by atoms with Gasteiger partial charge >= 0.3 is 0 Å². The van der Waals surface area contributed by atoms with E-state index in [0.717, 1.165) is 19.3 Å². The summed E-state index contributed by atoms with van der Waals surface area (Å²) in [6.45, 7) is 7.06. The van der Waals surface area contributed by atoms with Crippen molar-refractivity contribution in [3.63, 3.8) is 0 Å². The second-order valence-electron chi connectivity index (χ2n) is 6.82. The average molecular weight is 386 g/mol. The monoisotopic (exact) mass is 385 g/mol. The number of ether oxygens (including phenoxy) is 2. The lowest BCUT2D eigenvalue weighted by Gasteiger charge is -2.07. The van der Waals surface area contributed by atoms with Crippen molar-refractivity contribution in [1.82, 2.24) is 16.0 Å². The second kappa shape index (κ2) is 14.4. The number of hydrogen-bond donors (Lipinski definition) is 3. The van der Waals surface area contributed by atoms with Crippen LogP contribution in [-0.4, -0.2) is 63.8 Å². The zero-order valence-electron chi connectivity index (χ0n) is 16.7. The Morgan fingerprint density at radius 1 is 0.815 bits per heavy atom. The van der Waals surface area contributed by atoms with Gasteiger partial charge in [-0.25, -0.2) is 0 Å². The molecule has 0 radical (unpaired) electrons. The Balaban J connectivity index is 1.89. The number of hydrogen-bond acceptors (Lipinski definition) is 5. The van der Waals surface area contributed by atoms with Gasteiger partial charge in [-0.05, 0) is 31.1 Å². The van der Waals surface area contributed by atoms with Gasteiger partial charge in [0, 0.05) is 45.7 Å². The Morgan fingerprint density at radius 2 is 1.52 bits per heavy atom. The molecule has 0 saturated heterocycles. The summed E-state index contributed by atoms with van der Waals surface area (Å²) >= 11 is 0. The number of nitrogens with one attached hydrogen (secondary N) is 3. The summed E-state index contributed by atoms with van der Waals surface area (Å²) in [6, 6.07) is 0. The first-order valence-electron chi connectivity index (χ1n) is 10.0. The minimum absolute atomic E-state index is 0.00380. The van der Waals surface area contributed by atoms with Gasteiger partial charge in [-0.1, -0.05) is 13.8 Å². The summed E-state index contributed by atoms with van der Waals surface area (Å²) in [5.41, 5.74) is 0. The van der Waals surface area contributed by atoms with Gasteiger partial charge < -0.3 is 25.4 Å². The van der Waals surface area contributed by atoms with E-state index >= 15 is 0 Å². The minimum atomic E-state index is -0.116. The first kappa shape index (κ1) is 23.4. The quantitative estimate of drug-likeness (QED) is 0.338. The standard InChI is InChI=1S/C19H35N3O5/c1-3-9-27-14-19(25)22-8-11-26-10-5-15-12-16(15)13-18(24)21-7-6-20-17(23)4-2/h15-16H,3-14H2,1-2H3,(H,20,23)(H,21,24)(H,22,25). The van der Waals surface area contributed by atoms with E-state index in [0.29, 0.717) is 64.1 Å². The largest absolute Gasteiger partial charge is 0.380 e. The number of carbonyl (C=O) groups is 3. The van der Waals surface area contributed by atoms with Crippen molar-refractivity contribution < 1.29 is 23.9 Å². The van der Waals surface area contributed by atoms with Crippen LogP contribution in [0.25, 0.3) is 0 Å². The summed E-state index contributed by atoms with van der Waals surface area (Å²) < 4.78 is 10.7. The summed E-state index contributed by atoms with van der Waals surface area (Å²) in [7, 11) is 0. The van der Waals surface area contributed by atoms with Crippen molar-refractivity contribution in [2.45, 2.75) is 46.0 Å². The van der Waals surface area contributed by atoms with Crippen LogP contribution in [0.2, 0.25) is 0 Å². The van der Waals surface area contributed by atoms with Gasteiger partial charge in [-0.3, -0.25) is 14.4 Å². The third-order valence-electron chi connectivity index (χ3n) is 4.39. The fourth-order valence-corrected chi connectivity index (χ4v) is 2.71. The third kappa shape index (κ3) is 12.4. The molecular weight excluding hydrogens is 350 g/mol. The molecule has 1 fully saturated rings. The maximum absolute atomic E-state index is 11.8. The fourth-order valence-electron chi connectivity index (χ4n) is 2.71. The third-order valence-corrected chi connectivity index (χ3v) is 4.39. The van der Waals surface area contributed by atoms with Crippen LogP contribution in [0, 0.1) is 11.8 Å². The molecule has 0 aromatic carbocycles. The number of carbonyl (C=O) groups excluding carboxylic acids is 3. The van der Waals surface area contributed by atoms with E-state index in [1.54, 1.807) is 6.92 Å². The molecule has 1 saturated carbocycles. The first-order chi connectivity index (χ1) is 13.1. The van der Waals surface area contributed by atoms with E-state index in [4.69, 9.17) is 9.47 Å². The molecule has 8 nitrogen and oxygen atoms in total. The van der Waals surface area contributed by atoms with Crippen LogP contribution in [0.5, 0.6) is 0 Å². The Labute approximate surface area is 162 Å². The molecule has 1 rings (SSSR count). The van der Waals surface area contributed by atoms with Gasteiger partial charge in [0.1, 0.15) is 6.61 Å². The molecule has 8 heteroatoms. The van der Waals surface area contributed by atoms with E-state index in [9.17, 15) is 14.4 Å². The molecule has 0 spiro atoms. The fraction of sp³-hybridized carbons (Fsp3) is 0.842. The molecule has 27 heavy (non-hydrogen) atoms. The highest BCUT2D eigenvalue weighted by molar-refractivity contribution is 5.77. The van der Waals surface area contributed by atoms with Crippen molar-refractivity contribution in [3.8, 4) is 0 Å². The smallest absolute Gasteiger partial charge is 0.246 e. The highest BCUT2D eigenvalue weighted by Crippen LogP contribution is 2.43. The van der Waals surface area contributed by atoms with E-state index in [1.807, 2.05) is 6.92 Å². The lowest BCUT2D eigenvalue weighted by molar-refractivity contribution is -0.126. The average Bonchev–Trinajstić information content (AvgIpc) is 3.39. The van der Waals surface area contributed by atoms with Gasteiger partial charge in [0.2, 0.25) is 17.7 Å². The van der Waals surface area contributed by atoms with Gasteiger partial charge in [0.05, 0.1) is 6.61 Å². The topological polar surface area (TPSA) is 106 Å². The van der Waals surface area contributed by atoms with Crippen LogP contribution in [0.4, 0.5) is 0 Å². The highest BCUT2D eigenvalue weighted by atomic mass is 16.5. The second-order valence-corrected chi connectivity index (χ2v) is 6.82. The molecule has 0 aliphatic heterocycles. The molecular formula is C19H35N3O5. The van der Waals surface area contributed by atoms with Gasteiger partial charge in [0.15, 0.2) is 0 Å². The van der Waals surface area contributed by atoms with Crippen LogP contribution in [0.15, 0.2) is 0 Å². The summed E-state index contributed by atoms with van der Waals surface area (Å²) in [6.07, 6.45) is 3.91. The van der Waals surface area contributed by atoms with Crippen LogP contribution in [0.1, 0.15) is 46.0 Å². The molecule has 0 heterocycles. The van der Waals surface area contributed by atoms with E-state index in [2.05, 4.69) is 16.0 Å². The summed E-state index contributed by atoms with van der Waals surface area (Å²) in [5.74, 6) is 0.912. The molecule has 1 aliphatic rings.